The zero-order chi connectivity index (χ0) is 29.8. The number of ether oxygens (including phenoxy) is 1. The lowest BCUT2D eigenvalue weighted by atomic mass is 9.95. The van der Waals surface area contributed by atoms with E-state index in [0.717, 1.165) is 31.5 Å². The second-order valence-corrected chi connectivity index (χ2v) is 11.6. The van der Waals surface area contributed by atoms with Gasteiger partial charge in [0.2, 0.25) is 0 Å². The molecule has 1 aromatic carbocycles. The Balaban J connectivity index is 1.46. The van der Waals surface area contributed by atoms with Crippen molar-refractivity contribution in [3.05, 3.63) is 34.7 Å². The second kappa shape index (κ2) is 10.6. The molecule has 0 saturated carbocycles. The first-order valence-electron chi connectivity index (χ1n) is 13.7. The van der Waals surface area contributed by atoms with Crippen LogP contribution >= 0.6 is 11.6 Å². The average molecular weight is 608 g/mol. The van der Waals surface area contributed by atoms with Gasteiger partial charge in [-0.15, -0.1) is 0 Å². The highest BCUT2D eigenvalue weighted by atomic mass is 35.5. The summed E-state index contributed by atoms with van der Waals surface area (Å²) >= 11 is 5.92. The van der Waals surface area contributed by atoms with E-state index in [-0.39, 0.29) is 35.1 Å². The van der Waals surface area contributed by atoms with Crippen molar-refractivity contribution in [1.29, 1.82) is 5.26 Å². The summed E-state index contributed by atoms with van der Waals surface area (Å²) in [6.07, 6.45) is -1.64. The van der Waals surface area contributed by atoms with Crippen LogP contribution in [0.5, 0.6) is 6.01 Å². The number of nitrogens with two attached hydrogens (primary N) is 1. The van der Waals surface area contributed by atoms with Crippen LogP contribution in [-0.4, -0.2) is 64.3 Å². The highest BCUT2D eigenvalue weighted by Gasteiger charge is 2.49. The molecule has 8 nitrogen and oxygen atoms in total. The summed E-state index contributed by atoms with van der Waals surface area (Å²) in [6.45, 7) is 2.02. The van der Waals surface area contributed by atoms with Gasteiger partial charge in [0, 0.05) is 49.4 Å². The van der Waals surface area contributed by atoms with E-state index >= 15 is 4.39 Å². The molecule has 2 N–H and O–H groups in total. The van der Waals surface area contributed by atoms with Gasteiger partial charge in [0.1, 0.15) is 29.8 Å². The molecule has 14 heteroatoms. The Hall–Kier alpha value is -3.50. The fourth-order valence-electron chi connectivity index (χ4n) is 6.49. The predicted molar refractivity (Wildman–Crippen MR) is 146 cm³/mol. The molecule has 42 heavy (non-hydrogen) atoms. The van der Waals surface area contributed by atoms with Crippen LogP contribution in [0.1, 0.15) is 37.7 Å². The molecule has 3 fully saturated rings. The number of nitrogens with zero attached hydrogens (tertiary/aromatic N) is 6. The third-order valence-electron chi connectivity index (χ3n) is 8.50. The SMILES string of the molecule is N#CC1CCN(c2nc(OC[C@@]34CCCN3C[C@H](F)C4)nc3c(F)c(-c4cc(N)cc(Cl)c4C(F)(F)F)ncc23)CC1. The molecule has 3 aliphatic heterocycles. The fourth-order valence-corrected chi connectivity index (χ4v) is 6.82. The number of anilines is 2. The molecular weight excluding hydrogens is 581 g/mol. The molecule has 2 atom stereocenters. The number of hydrogen-bond acceptors (Lipinski definition) is 8. The van der Waals surface area contributed by atoms with Crippen LogP contribution in [0, 0.1) is 23.1 Å². The Kier molecular flexibility index (Phi) is 7.25. The van der Waals surface area contributed by atoms with Gasteiger partial charge in [0.25, 0.3) is 0 Å². The molecule has 2 aromatic heterocycles. The highest BCUT2D eigenvalue weighted by Crippen LogP contribution is 2.44. The average Bonchev–Trinajstić information content (AvgIpc) is 3.46. The van der Waals surface area contributed by atoms with Crippen molar-refractivity contribution in [3.63, 3.8) is 0 Å². The minimum atomic E-state index is -4.92. The summed E-state index contributed by atoms with van der Waals surface area (Å²) in [6, 6.07) is 3.99. The van der Waals surface area contributed by atoms with E-state index in [2.05, 4.69) is 25.9 Å². The van der Waals surface area contributed by atoms with Crippen LogP contribution < -0.4 is 15.4 Å². The lowest BCUT2D eigenvalue weighted by Gasteiger charge is -2.32. The number of fused-ring (bicyclic) bond motifs is 2. The molecule has 0 unspecified atom stereocenters. The zero-order valence-corrected chi connectivity index (χ0v) is 23.2. The molecule has 3 aromatic rings. The van der Waals surface area contributed by atoms with Gasteiger partial charge in [0.05, 0.1) is 27.6 Å². The summed E-state index contributed by atoms with van der Waals surface area (Å²) in [5.74, 6) is -0.962. The van der Waals surface area contributed by atoms with E-state index in [1.54, 1.807) is 0 Å². The molecule has 5 heterocycles. The normalized spacial score (nSPS) is 23.4. The maximum Gasteiger partial charge on any atom is 0.418 e. The molecule has 0 spiro atoms. The number of alkyl halides is 4. The molecule has 0 amide bonds. The third-order valence-corrected chi connectivity index (χ3v) is 8.80. The number of halogens is 6. The maximum atomic E-state index is 16.3. The van der Waals surface area contributed by atoms with Crippen molar-refractivity contribution >= 4 is 34.0 Å². The summed E-state index contributed by atoms with van der Waals surface area (Å²) < 4.78 is 78.6. The van der Waals surface area contributed by atoms with Crippen LogP contribution in [0.15, 0.2) is 18.3 Å². The number of aromatic nitrogens is 3. The minimum absolute atomic E-state index is 0.0808. The quantitative estimate of drug-likeness (QED) is 0.288. The van der Waals surface area contributed by atoms with E-state index in [1.165, 1.54) is 6.20 Å². The third kappa shape index (κ3) is 5.04. The number of benzene rings is 1. The van der Waals surface area contributed by atoms with Gasteiger partial charge in [0.15, 0.2) is 5.82 Å². The van der Waals surface area contributed by atoms with E-state index in [0.29, 0.717) is 44.7 Å². The highest BCUT2D eigenvalue weighted by molar-refractivity contribution is 6.32. The van der Waals surface area contributed by atoms with Crippen LogP contribution in [0.4, 0.5) is 33.5 Å². The molecule has 222 valence electrons. The largest absolute Gasteiger partial charge is 0.461 e. The first-order valence-corrected chi connectivity index (χ1v) is 14.1. The maximum absolute atomic E-state index is 16.3. The molecule has 0 radical (unpaired) electrons. The van der Waals surface area contributed by atoms with Crippen molar-refractivity contribution in [1.82, 2.24) is 19.9 Å². The predicted octanol–water partition coefficient (Wildman–Crippen LogP) is 5.78. The first-order chi connectivity index (χ1) is 20.0. The summed E-state index contributed by atoms with van der Waals surface area (Å²) in [7, 11) is 0. The Morgan fingerprint density at radius 2 is 1.95 bits per heavy atom. The van der Waals surface area contributed by atoms with Crippen molar-refractivity contribution in [2.45, 2.75) is 50.0 Å². The van der Waals surface area contributed by atoms with Gasteiger partial charge in [-0.25, -0.2) is 8.78 Å². The summed E-state index contributed by atoms with van der Waals surface area (Å²) in [4.78, 5) is 16.8. The van der Waals surface area contributed by atoms with Gasteiger partial charge >= 0.3 is 12.2 Å². The Bertz CT molecular complexity index is 1570. The first kappa shape index (κ1) is 28.6. The van der Waals surface area contributed by atoms with E-state index in [1.807, 2.05) is 4.90 Å². The van der Waals surface area contributed by atoms with Crippen LogP contribution in [-0.2, 0) is 6.18 Å². The lowest BCUT2D eigenvalue weighted by molar-refractivity contribution is -0.137. The van der Waals surface area contributed by atoms with Crippen molar-refractivity contribution in [3.8, 4) is 23.3 Å². The number of piperidine rings is 1. The number of nitrogen functional groups attached to an aromatic ring is 1. The summed E-state index contributed by atoms with van der Waals surface area (Å²) in [5.41, 5.74) is 2.36. The molecule has 0 aliphatic carbocycles. The minimum Gasteiger partial charge on any atom is -0.461 e. The standard InChI is InChI=1S/C28H27ClF5N7O/c29-20-9-17(36)8-18(21(20)28(32,33)34)23-22(31)24-19(12-37-23)25(40-6-2-15(11-35)3-7-40)39-26(38-24)42-14-27-4-1-5-41(27)13-16(30)10-27/h8-9,12,15-16H,1-7,10,13-14,36H2/t16-,27+/m1/s1. The van der Waals surface area contributed by atoms with Crippen LogP contribution in [0.3, 0.4) is 0 Å². The second-order valence-electron chi connectivity index (χ2n) is 11.2. The van der Waals surface area contributed by atoms with Gasteiger partial charge in [-0.3, -0.25) is 9.88 Å². The molecule has 3 saturated heterocycles. The number of nitriles is 1. The monoisotopic (exact) mass is 607 g/mol. The number of rotatable bonds is 5. The molecular formula is C28H27ClF5N7O. The molecule has 6 rings (SSSR count). The van der Waals surface area contributed by atoms with Gasteiger partial charge in [-0.05, 0) is 44.4 Å². The Morgan fingerprint density at radius 3 is 2.67 bits per heavy atom. The van der Waals surface area contributed by atoms with E-state index in [4.69, 9.17) is 22.1 Å². The van der Waals surface area contributed by atoms with Gasteiger partial charge < -0.3 is 15.4 Å². The smallest absolute Gasteiger partial charge is 0.418 e. The van der Waals surface area contributed by atoms with Gasteiger partial charge in [-0.1, -0.05) is 11.6 Å². The summed E-state index contributed by atoms with van der Waals surface area (Å²) in [5, 5.41) is 8.81. The number of hydrogen-bond donors (Lipinski definition) is 1. The van der Waals surface area contributed by atoms with Crippen molar-refractivity contribution < 1.29 is 26.7 Å². The van der Waals surface area contributed by atoms with Crippen LogP contribution in [0.2, 0.25) is 5.02 Å². The van der Waals surface area contributed by atoms with Crippen LogP contribution in [0.25, 0.3) is 22.2 Å². The Morgan fingerprint density at radius 1 is 1.19 bits per heavy atom. The lowest BCUT2D eigenvalue weighted by Crippen LogP contribution is -2.43. The fraction of sp³-hybridized carbons (Fsp3) is 0.500. The van der Waals surface area contributed by atoms with Crippen molar-refractivity contribution in [2.24, 2.45) is 5.92 Å². The zero-order valence-electron chi connectivity index (χ0n) is 22.4. The van der Waals surface area contributed by atoms with E-state index in [9.17, 15) is 22.8 Å². The van der Waals surface area contributed by atoms with Crippen molar-refractivity contribution in [2.75, 3.05) is 43.4 Å². The van der Waals surface area contributed by atoms with Gasteiger partial charge in [-0.2, -0.15) is 28.4 Å². The number of pyridine rings is 1. The molecule has 0 bridgehead atoms. The van der Waals surface area contributed by atoms with E-state index < -0.39 is 45.5 Å². The Labute approximate surface area is 243 Å². The molecule has 3 aliphatic rings. The topological polar surface area (TPSA) is 104 Å².